The highest BCUT2D eigenvalue weighted by Crippen LogP contribution is 2.31. The van der Waals surface area contributed by atoms with Crippen LogP contribution in [0.1, 0.15) is 56.0 Å². The van der Waals surface area contributed by atoms with Crippen LogP contribution < -0.4 is 16.0 Å². The largest absolute Gasteiger partial charge is 0.369 e. The van der Waals surface area contributed by atoms with Crippen molar-refractivity contribution < 1.29 is 24.0 Å². The van der Waals surface area contributed by atoms with Gasteiger partial charge in [-0.25, -0.2) is 0 Å². The Labute approximate surface area is 213 Å². The average Bonchev–Trinajstić information content (AvgIpc) is 3.14. The number of rotatable bonds is 7. The highest BCUT2D eigenvalue weighted by Gasteiger charge is 2.44. The Bertz CT molecular complexity index is 1270. The molecular formula is C26H28N6O5. The van der Waals surface area contributed by atoms with Gasteiger partial charge in [-0.05, 0) is 55.6 Å². The van der Waals surface area contributed by atoms with E-state index in [-0.39, 0.29) is 24.1 Å². The standard InChI is InChI=1S/C26H28N6O5/c27-23(34)20-6-3-16(15-28-20)2-1-9-30-10-12-31(13-11-30)17-4-5-18-19(14-17)26(37)32(25(18)36)21-7-8-22(33)29-24(21)35/h3-6,14-15,21H,1-2,7-13H2,(H2,27,34)(H,29,33,35). The van der Waals surface area contributed by atoms with Crippen LogP contribution in [0.2, 0.25) is 0 Å². The smallest absolute Gasteiger partial charge is 0.267 e. The lowest BCUT2D eigenvalue weighted by atomic mass is 10.0. The molecule has 5 amide bonds. The van der Waals surface area contributed by atoms with Gasteiger partial charge in [0.2, 0.25) is 11.8 Å². The molecular weight excluding hydrogens is 476 g/mol. The lowest BCUT2D eigenvalue weighted by Crippen LogP contribution is -2.54. The fraction of sp³-hybridized carbons (Fsp3) is 0.385. The second-order valence-corrected chi connectivity index (χ2v) is 9.53. The second kappa shape index (κ2) is 10.1. The number of carbonyl (C=O) groups excluding carboxylic acids is 5. The van der Waals surface area contributed by atoms with E-state index in [1.54, 1.807) is 24.4 Å². The number of fused-ring (bicyclic) bond motifs is 1. The van der Waals surface area contributed by atoms with Crippen LogP contribution in [0, 0.1) is 0 Å². The minimum atomic E-state index is -0.964. The zero-order valence-corrected chi connectivity index (χ0v) is 20.3. The summed E-state index contributed by atoms with van der Waals surface area (Å²) in [5, 5.41) is 2.21. The summed E-state index contributed by atoms with van der Waals surface area (Å²) >= 11 is 0. The van der Waals surface area contributed by atoms with Gasteiger partial charge in [0.05, 0.1) is 11.1 Å². The fourth-order valence-corrected chi connectivity index (χ4v) is 5.11. The molecule has 0 spiro atoms. The van der Waals surface area contributed by atoms with Crippen LogP contribution in [0.3, 0.4) is 0 Å². The second-order valence-electron chi connectivity index (χ2n) is 9.53. The van der Waals surface area contributed by atoms with Crippen molar-refractivity contribution in [2.24, 2.45) is 5.73 Å². The minimum absolute atomic E-state index is 0.0950. The number of carbonyl (C=O) groups is 5. The van der Waals surface area contributed by atoms with Crippen LogP contribution in [-0.4, -0.2) is 83.1 Å². The van der Waals surface area contributed by atoms with Crippen LogP contribution >= 0.6 is 0 Å². The highest BCUT2D eigenvalue weighted by molar-refractivity contribution is 6.23. The highest BCUT2D eigenvalue weighted by atomic mass is 16.2. The molecule has 2 saturated heterocycles. The zero-order chi connectivity index (χ0) is 26.1. The number of nitrogens with one attached hydrogen (secondary N) is 1. The first kappa shape index (κ1) is 24.6. The quantitative estimate of drug-likeness (QED) is 0.513. The molecule has 3 N–H and O–H groups in total. The number of aryl methyl sites for hydroxylation is 1. The Kier molecular flexibility index (Phi) is 6.70. The number of amides is 5. The maximum atomic E-state index is 13.1. The van der Waals surface area contributed by atoms with Crippen molar-refractivity contribution >= 4 is 35.2 Å². The number of piperazine rings is 1. The van der Waals surface area contributed by atoms with Crippen molar-refractivity contribution in [3.05, 3.63) is 58.9 Å². The molecule has 2 aromatic rings. The van der Waals surface area contributed by atoms with Gasteiger partial charge < -0.3 is 10.6 Å². The summed E-state index contributed by atoms with van der Waals surface area (Å²) < 4.78 is 0. The summed E-state index contributed by atoms with van der Waals surface area (Å²) in [7, 11) is 0. The monoisotopic (exact) mass is 504 g/mol. The van der Waals surface area contributed by atoms with Gasteiger partial charge in [0, 0.05) is 44.5 Å². The Morgan fingerprint density at radius 2 is 1.76 bits per heavy atom. The van der Waals surface area contributed by atoms with E-state index in [1.165, 1.54) is 0 Å². The summed E-state index contributed by atoms with van der Waals surface area (Å²) in [5.41, 5.74) is 8.01. The normalized spacial score (nSPS) is 20.3. The third kappa shape index (κ3) is 4.94. The third-order valence-corrected chi connectivity index (χ3v) is 7.18. The molecule has 1 aromatic heterocycles. The summed E-state index contributed by atoms with van der Waals surface area (Å²) in [4.78, 5) is 70.5. The van der Waals surface area contributed by atoms with Crippen LogP contribution in [0.25, 0.3) is 0 Å². The van der Waals surface area contributed by atoms with Crippen LogP contribution in [0.15, 0.2) is 36.5 Å². The van der Waals surface area contributed by atoms with E-state index in [4.69, 9.17) is 5.73 Å². The maximum Gasteiger partial charge on any atom is 0.267 e. The number of imide groups is 2. The summed E-state index contributed by atoms with van der Waals surface area (Å²) in [6.45, 7) is 4.24. The summed E-state index contributed by atoms with van der Waals surface area (Å²) in [6, 6.07) is 7.80. The Balaban J connectivity index is 1.15. The van der Waals surface area contributed by atoms with E-state index in [0.717, 1.165) is 61.7 Å². The lowest BCUT2D eigenvalue weighted by molar-refractivity contribution is -0.136. The van der Waals surface area contributed by atoms with Gasteiger partial charge in [0.15, 0.2) is 0 Å². The molecule has 5 rings (SSSR count). The van der Waals surface area contributed by atoms with Crippen molar-refractivity contribution in [3.8, 4) is 0 Å². The first-order valence-corrected chi connectivity index (χ1v) is 12.4. The Morgan fingerprint density at radius 1 is 1.00 bits per heavy atom. The van der Waals surface area contributed by atoms with Gasteiger partial charge in [-0.15, -0.1) is 0 Å². The molecule has 0 radical (unpaired) electrons. The number of nitrogens with two attached hydrogens (primary N) is 1. The molecule has 0 aliphatic carbocycles. The maximum absolute atomic E-state index is 13.1. The predicted octanol–water partition coefficient (Wildman–Crippen LogP) is 0.337. The summed E-state index contributed by atoms with van der Waals surface area (Å²) in [5.74, 6) is -2.52. The molecule has 0 saturated carbocycles. The SMILES string of the molecule is NC(=O)c1ccc(CCCN2CCN(c3ccc4c(c3)C(=O)N(C3CCC(=O)NC3=O)C4=O)CC2)cn1. The topological polar surface area (TPSA) is 146 Å². The molecule has 3 aliphatic rings. The van der Waals surface area contributed by atoms with Crippen molar-refractivity contribution in [1.29, 1.82) is 0 Å². The molecule has 3 aliphatic heterocycles. The number of aromatic nitrogens is 1. The first-order valence-electron chi connectivity index (χ1n) is 12.4. The van der Waals surface area contributed by atoms with E-state index >= 15 is 0 Å². The number of hydrogen-bond acceptors (Lipinski definition) is 8. The Hall–Kier alpha value is -4.12. The zero-order valence-electron chi connectivity index (χ0n) is 20.3. The molecule has 1 aromatic carbocycles. The van der Waals surface area contributed by atoms with E-state index in [2.05, 4.69) is 20.1 Å². The number of piperidine rings is 1. The van der Waals surface area contributed by atoms with E-state index in [1.807, 2.05) is 12.1 Å². The van der Waals surface area contributed by atoms with Gasteiger partial charge in [-0.1, -0.05) is 6.07 Å². The van der Waals surface area contributed by atoms with Gasteiger partial charge in [-0.2, -0.15) is 0 Å². The van der Waals surface area contributed by atoms with Crippen LogP contribution in [0.4, 0.5) is 5.69 Å². The van der Waals surface area contributed by atoms with E-state index in [9.17, 15) is 24.0 Å². The van der Waals surface area contributed by atoms with Crippen LogP contribution in [-0.2, 0) is 16.0 Å². The van der Waals surface area contributed by atoms with Crippen molar-refractivity contribution in [2.75, 3.05) is 37.6 Å². The first-order chi connectivity index (χ1) is 17.8. The molecule has 192 valence electrons. The Morgan fingerprint density at radius 3 is 2.43 bits per heavy atom. The van der Waals surface area contributed by atoms with Gasteiger partial charge in [-0.3, -0.25) is 44.1 Å². The molecule has 2 fully saturated rings. The summed E-state index contributed by atoms with van der Waals surface area (Å²) in [6.07, 6.45) is 3.75. The molecule has 0 bridgehead atoms. The molecule has 11 heteroatoms. The fourth-order valence-electron chi connectivity index (χ4n) is 5.11. The van der Waals surface area contributed by atoms with Gasteiger partial charge >= 0.3 is 0 Å². The lowest BCUT2D eigenvalue weighted by Gasteiger charge is -2.36. The number of primary amides is 1. The van der Waals surface area contributed by atoms with Crippen molar-refractivity contribution in [3.63, 3.8) is 0 Å². The van der Waals surface area contributed by atoms with Crippen molar-refractivity contribution in [2.45, 2.75) is 31.7 Å². The third-order valence-electron chi connectivity index (χ3n) is 7.18. The van der Waals surface area contributed by atoms with Gasteiger partial charge in [0.25, 0.3) is 17.7 Å². The molecule has 37 heavy (non-hydrogen) atoms. The minimum Gasteiger partial charge on any atom is -0.369 e. The molecule has 1 unspecified atom stereocenters. The number of benzene rings is 1. The van der Waals surface area contributed by atoms with Crippen molar-refractivity contribution in [1.82, 2.24) is 20.1 Å². The molecule has 4 heterocycles. The van der Waals surface area contributed by atoms with Gasteiger partial charge in [0.1, 0.15) is 11.7 Å². The molecule has 11 nitrogen and oxygen atoms in total. The molecule has 1 atom stereocenters. The number of hydrogen-bond donors (Lipinski definition) is 2. The average molecular weight is 505 g/mol. The predicted molar refractivity (Wildman–Crippen MR) is 133 cm³/mol. The van der Waals surface area contributed by atoms with Crippen LogP contribution in [0.5, 0.6) is 0 Å². The number of nitrogens with zero attached hydrogens (tertiary/aromatic N) is 4. The number of pyridine rings is 1. The van der Waals surface area contributed by atoms with E-state index in [0.29, 0.717) is 5.56 Å². The number of anilines is 1. The van der Waals surface area contributed by atoms with E-state index < -0.39 is 35.6 Å².